The first-order valence-electron chi connectivity index (χ1n) is 18.6. The molecule has 6 aromatic rings. The Balaban J connectivity index is 0.947. The Morgan fingerprint density at radius 2 is 1.71 bits per heavy atom. The number of amides is 2. The van der Waals surface area contributed by atoms with Crippen LogP contribution in [0.25, 0.3) is 27.3 Å². The van der Waals surface area contributed by atoms with Gasteiger partial charge in [0.15, 0.2) is 5.65 Å². The lowest BCUT2D eigenvalue weighted by Crippen LogP contribution is -2.53. The molecule has 0 aliphatic carbocycles. The number of hydrogen-bond acceptors (Lipinski definition) is 9. The van der Waals surface area contributed by atoms with E-state index in [1.54, 1.807) is 19.4 Å². The Labute approximate surface area is 322 Å². The smallest absolute Gasteiger partial charge is 0.265 e. The van der Waals surface area contributed by atoms with Crippen molar-refractivity contribution in [1.29, 1.82) is 0 Å². The molecule has 12 nitrogen and oxygen atoms in total. The van der Waals surface area contributed by atoms with Crippen molar-refractivity contribution >= 4 is 34.2 Å². The van der Waals surface area contributed by atoms with E-state index in [2.05, 4.69) is 9.97 Å². The van der Waals surface area contributed by atoms with Gasteiger partial charge in [0.1, 0.15) is 22.0 Å². The fourth-order valence-electron chi connectivity index (χ4n) is 7.90. The molecule has 2 aliphatic heterocycles. The minimum Gasteiger partial charge on any atom is -0.497 e. The summed E-state index contributed by atoms with van der Waals surface area (Å²) in [6.07, 6.45) is 6.27. The number of carbonyl (C=O) groups excluding carboxylic acids is 2. The van der Waals surface area contributed by atoms with Crippen LogP contribution in [0.3, 0.4) is 0 Å². The Hall–Kier alpha value is -5.66. The van der Waals surface area contributed by atoms with Crippen LogP contribution in [0.2, 0.25) is 0 Å². The number of piperidine rings is 2. The van der Waals surface area contributed by atoms with Crippen molar-refractivity contribution in [2.24, 2.45) is 5.92 Å². The molecule has 1 N–H and O–H groups in total. The third kappa shape index (κ3) is 7.17. The summed E-state index contributed by atoms with van der Waals surface area (Å²) in [7, 11) is 1.61. The Kier molecular flexibility index (Phi) is 9.82. The number of nitrogens with zero attached hydrogens (tertiary/aromatic N) is 7. The second-order valence-electron chi connectivity index (χ2n) is 14.6. The highest BCUT2D eigenvalue weighted by Crippen LogP contribution is 2.37. The number of fused-ring (bicyclic) bond motifs is 1. The SMILES string of the molecule is COc1ccc(-n2ccc3c(=O)n(CC4(O)CCN(C(=O)[C@@H]5CCN(C(=O)c6sc(-c7ccc(C)nc7)nc6C)C[C@H]5c5ccccc5)CC4)cnc32)cc1. The zero-order valence-corrected chi connectivity index (χ0v) is 31.9. The van der Waals surface area contributed by atoms with Gasteiger partial charge >= 0.3 is 0 Å². The molecule has 2 atom stereocenters. The molecule has 0 bridgehead atoms. The van der Waals surface area contributed by atoms with Gasteiger partial charge in [0, 0.05) is 67.4 Å². The minimum atomic E-state index is -1.18. The molecular weight excluding hydrogens is 715 g/mol. The molecule has 0 saturated carbocycles. The van der Waals surface area contributed by atoms with Crippen LogP contribution in [0.1, 0.15) is 51.8 Å². The lowest BCUT2D eigenvalue weighted by Gasteiger charge is -2.43. The van der Waals surface area contributed by atoms with E-state index in [0.717, 1.165) is 33.3 Å². The first-order valence-corrected chi connectivity index (χ1v) is 19.4. The van der Waals surface area contributed by atoms with Crippen molar-refractivity contribution in [1.82, 2.24) is 33.9 Å². The van der Waals surface area contributed by atoms with Gasteiger partial charge in [-0.2, -0.15) is 0 Å². The summed E-state index contributed by atoms with van der Waals surface area (Å²) in [5.41, 5.74) is 3.47. The number of hydrogen-bond donors (Lipinski definition) is 1. The van der Waals surface area contributed by atoms with Crippen molar-refractivity contribution in [2.75, 3.05) is 33.3 Å². The van der Waals surface area contributed by atoms with Gasteiger partial charge in [0.2, 0.25) is 5.91 Å². The summed E-state index contributed by atoms with van der Waals surface area (Å²) in [5, 5.41) is 12.9. The van der Waals surface area contributed by atoms with Crippen LogP contribution in [0.15, 0.2) is 96.3 Å². The summed E-state index contributed by atoms with van der Waals surface area (Å²) >= 11 is 1.38. The van der Waals surface area contributed by atoms with Gasteiger partial charge in [-0.1, -0.05) is 30.3 Å². The number of pyridine rings is 1. The minimum absolute atomic E-state index is 0.0336. The molecule has 0 radical (unpaired) electrons. The standard InChI is InChI=1S/C42H43N7O5S/c1-27-9-10-30(23-43-27)38-45-28(2)36(55-38)41(52)47-19-15-33(35(24-47)29-7-5-4-6-8-29)39(50)46-21-17-42(53,18-22-46)25-48-26-44-37-34(40(48)51)16-20-49(37)31-11-13-32(54-3)14-12-31/h4-14,16,20,23,26,33,35,53H,15,17-19,21-22,24-25H2,1-3H3/t33-,35+/m1/s1. The van der Waals surface area contributed by atoms with E-state index in [1.165, 1.54) is 22.2 Å². The molecule has 2 aliphatic rings. The van der Waals surface area contributed by atoms with Crippen LogP contribution in [0.4, 0.5) is 0 Å². The highest BCUT2D eigenvalue weighted by molar-refractivity contribution is 7.17. The molecule has 55 heavy (non-hydrogen) atoms. The Morgan fingerprint density at radius 1 is 0.945 bits per heavy atom. The van der Waals surface area contributed by atoms with Gasteiger partial charge in [-0.05, 0) is 81.1 Å². The van der Waals surface area contributed by atoms with Crippen molar-refractivity contribution < 1.29 is 19.4 Å². The third-order valence-corrected chi connectivity index (χ3v) is 12.3. The summed E-state index contributed by atoms with van der Waals surface area (Å²) in [5.74, 6) is 0.183. The van der Waals surface area contributed by atoms with E-state index in [4.69, 9.17) is 9.72 Å². The van der Waals surface area contributed by atoms with Gasteiger partial charge in [-0.25, -0.2) is 9.97 Å². The number of benzene rings is 2. The van der Waals surface area contributed by atoms with E-state index < -0.39 is 5.60 Å². The normalized spacial score (nSPS) is 18.4. The zero-order valence-electron chi connectivity index (χ0n) is 31.1. The molecule has 2 saturated heterocycles. The molecule has 4 aromatic heterocycles. The van der Waals surface area contributed by atoms with E-state index >= 15 is 0 Å². The van der Waals surface area contributed by atoms with Crippen molar-refractivity contribution in [2.45, 2.75) is 51.2 Å². The Morgan fingerprint density at radius 3 is 2.42 bits per heavy atom. The van der Waals surface area contributed by atoms with Gasteiger partial charge in [-0.3, -0.25) is 23.9 Å². The lowest BCUT2D eigenvalue weighted by molar-refractivity contribution is -0.142. The molecule has 13 heteroatoms. The molecule has 6 heterocycles. The maximum absolute atomic E-state index is 14.3. The van der Waals surface area contributed by atoms with Crippen LogP contribution in [0, 0.1) is 19.8 Å². The number of thiazole rings is 1. The average Bonchev–Trinajstić information content (AvgIpc) is 3.83. The van der Waals surface area contributed by atoms with Crippen LogP contribution < -0.4 is 10.3 Å². The molecule has 2 aromatic carbocycles. The number of carbonyl (C=O) groups is 2. The summed E-state index contributed by atoms with van der Waals surface area (Å²) < 4.78 is 8.59. The number of aromatic nitrogens is 5. The lowest BCUT2D eigenvalue weighted by atomic mass is 9.79. The molecule has 0 unspecified atom stereocenters. The van der Waals surface area contributed by atoms with E-state index in [1.807, 2.05) is 101 Å². The number of aliphatic hydroxyl groups is 1. The summed E-state index contributed by atoms with van der Waals surface area (Å²) in [6.45, 7) is 5.47. The first-order chi connectivity index (χ1) is 26.6. The monoisotopic (exact) mass is 757 g/mol. The molecule has 2 fully saturated rings. The van der Waals surface area contributed by atoms with E-state index in [0.29, 0.717) is 67.0 Å². The number of likely N-dealkylation sites (tertiary alicyclic amines) is 2. The highest BCUT2D eigenvalue weighted by atomic mass is 32.1. The molecule has 0 spiro atoms. The number of rotatable bonds is 8. The summed E-state index contributed by atoms with van der Waals surface area (Å²) in [4.78, 5) is 59.9. The Bertz CT molecular complexity index is 2400. The van der Waals surface area contributed by atoms with Crippen molar-refractivity contribution in [3.8, 4) is 22.0 Å². The van der Waals surface area contributed by atoms with Crippen LogP contribution in [-0.4, -0.2) is 89.7 Å². The zero-order chi connectivity index (χ0) is 38.3. The van der Waals surface area contributed by atoms with Gasteiger partial charge in [0.05, 0.1) is 30.3 Å². The maximum Gasteiger partial charge on any atom is 0.265 e. The topological polar surface area (TPSA) is 136 Å². The number of aryl methyl sites for hydroxylation is 2. The van der Waals surface area contributed by atoms with Crippen molar-refractivity contribution in [3.05, 3.63) is 124 Å². The summed E-state index contributed by atoms with van der Waals surface area (Å²) in [6, 6.07) is 23.1. The molecule has 2 amide bonds. The predicted molar refractivity (Wildman–Crippen MR) is 211 cm³/mol. The third-order valence-electron chi connectivity index (χ3n) is 11.1. The average molecular weight is 758 g/mol. The van der Waals surface area contributed by atoms with Gasteiger partial charge in [0.25, 0.3) is 11.5 Å². The number of methoxy groups -OCH3 is 1. The van der Waals surface area contributed by atoms with Crippen LogP contribution in [0.5, 0.6) is 5.75 Å². The first kappa shape index (κ1) is 36.3. The second-order valence-corrected chi connectivity index (χ2v) is 15.6. The van der Waals surface area contributed by atoms with Gasteiger partial charge in [-0.15, -0.1) is 11.3 Å². The van der Waals surface area contributed by atoms with Crippen LogP contribution in [-0.2, 0) is 11.3 Å². The van der Waals surface area contributed by atoms with E-state index in [9.17, 15) is 19.5 Å². The van der Waals surface area contributed by atoms with Gasteiger partial charge < -0.3 is 24.2 Å². The fraction of sp³-hybridized carbons (Fsp3) is 0.333. The largest absolute Gasteiger partial charge is 0.497 e. The molecule has 282 valence electrons. The molecular formula is C42H43N7O5S. The number of ether oxygens (including phenoxy) is 1. The van der Waals surface area contributed by atoms with E-state index in [-0.39, 0.29) is 35.8 Å². The highest BCUT2D eigenvalue weighted by Gasteiger charge is 2.42. The predicted octanol–water partition coefficient (Wildman–Crippen LogP) is 5.63. The molecule has 8 rings (SSSR count). The van der Waals surface area contributed by atoms with Crippen molar-refractivity contribution in [3.63, 3.8) is 0 Å². The maximum atomic E-state index is 14.3. The fourth-order valence-corrected chi connectivity index (χ4v) is 8.92. The second kappa shape index (κ2) is 14.9. The van der Waals surface area contributed by atoms with Crippen LogP contribution >= 0.6 is 11.3 Å². The quantitative estimate of drug-likeness (QED) is 0.211.